The summed E-state index contributed by atoms with van der Waals surface area (Å²) in [6, 6.07) is 2.93. The average molecular weight is 317 g/mol. The second-order valence-corrected chi connectivity index (χ2v) is 4.13. The SMILES string of the molecule is CCCOc1cc(OC(C(F)(F)F)C(F)(F)F)ccc1N. The maximum Gasteiger partial charge on any atom is 0.434 e. The Morgan fingerprint density at radius 3 is 2.14 bits per heavy atom. The summed E-state index contributed by atoms with van der Waals surface area (Å²) in [6.07, 6.45) is -14.5. The normalized spacial score (nSPS) is 12.6. The first kappa shape index (κ1) is 17.3. The Morgan fingerprint density at radius 1 is 1.10 bits per heavy atom. The zero-order valence-corrected chi connectivity index (χ0v) is 10.9. The highest BCUT2D eigenvalue weighted by Crippen LogP contribution is 2.37. The Labute approximate surface area is 116 Å². The first-order valence-electron chi connectivity index (χ1n) is 5.88. The molecule has 0 aliphatic heterocycles. The third-order valence-corrected chi connectivity index (χ3v) is 2.30. The van der Waals surface area contributed by atoms with Gasteiger partial charge in [-0.15, -0.1) is 0 Å². The highest BCUT2D eigenvalue weighted by atomic mass is 19.4. The molecule has 0 fully saturated rings. The van der Waals surface area contributed by atoms with Crippen molar-refractivity contribution >= 4 is 5.69 Å². The number of hydrogen-bond acceptors (Lipinski definition) is 3. The van der Waals surface area contributed by atoms with Gasteiger partial charge in [-0.05, 0) is 18.6 Å². The van der Waals surface area contributed by atoms with Crippen LogP contribution < -0.4 is 15.2 Å². The Morgan fingerprint density at radius 2 is 1.67 bits per heavy atom. The number of rotatable bonds is 5. The predicted octanol–water partition coefficient (Wildman–Crippen LogP) is 3.93. The second kappa shape index (κ2) is 6.31. The zero-order valence-electron chi connectivity index (χ0n) is 10.9. The van der Waals surface area contributed by atoms with Gasteiger partial charge in [0.25, 0.3) is 6.10 Å². The molecule has 21 heavy (non-hydrogen) atoms. The Kier molecular flexibility index (Phi) is 5.19. The average Bonchev–Trinajstić information content (AvgIpc) is 2.33. The summed E-state index contributed by atoms with van der Waals surface area (Å²) >= 11 is 0. The molecule has 0 aliphatic rings. The van der Waals surface area contributed by atoms with Crippen LogP contribution in [0.25, 0.3) is 0 Å². The highest BCUT2D eigenvalue weighted by Gasteiger charge is 2.59. The van der Waals surface area contributed by atoms with Gasteiger partial charge in [0.05, 0.1) is 12.3 Å². The minimum Gasteiger partial charge on any atom is -0.491 e. The van der Waals surface area contributed by atoms with Crippen molar-refractivity contribution in [3.63, 3.8) is 0 Å². The molecule has 0 bridgehead atoms. The zero-order chi connectivity index (χ0) is 16.3. The minimum atomic E-state index is -5.58. The Balaban J connectivity index is 3.00. The van der Waals surface area contributed by atoms with E-state index in [2.05, 4.69) is 4.74 Å². The van der Waals surface area contributed by atoms with Gasteiger partial charge in [0.15, 0.2) is 0 Å². The van der Waals surface area contributed by atoms with Crippen molar-refractivity contribution in [2.75, 3.05) is 12.3 Å². The standard InChI is InChI=1S/C12H13F6NO2/c1-2-5-20-9-6-7(3-4-8(9)19)21-10(11(13,14)15)12(16,17)18/h3-4,6,10H,2,5,19H2,1H3. The summed E-state index contributed by atoms with van der Waals surface area (Å²) in [4.78, 5) is 0. The quantitative estimate of drug-likeness (QED) is 0.661. The molecule has 0 heterocycles. The van der Waals surface area contributed by atoms with Crippen LogP contribution in [0, 0.1) is 0 Å². The molecule has 0 atom stereocenters. The summed E-state index contributed by atoms with van der Waals surface area (Å²) in [5, 5.41) is 0. The van der Waals surface area contributed by atoms with Gasteiger partial charge >= 0.3 is 12.4 Å². The molecule has 1 aromatic rings. The van der Waals surface area contributed by atoms with E-state index in [1.807, 2.05) is 0 Å². The van der Waals surface area contributed by atoms with Crippen molar-refractivity contribution in [2.45, 2.75) is 31.8 Å². The number of benzene rings is 1. The van der Waals surface area contributed by atoms with E-state index in [-0.39, 0.29) is 18.0 Å². The monoisotopic (exact) mass is 317 g/mol. The van der Waals surface area contributed by atoms with E-state index < -0.39 is 24.2 Å². The Bertz CT molecular complexity index is 458. The van der Waals surface area contributed by atoms with E-state index in [0.717, 1.165) is 18.2 Å². The maximum absolute atomic E-state index is 12.4. The van der Waals surface area contributed by atoms with Crippen molar-refractivity contribution < 1.29 is 35.8 Å². The molecular formula is C12H13F6NO2. The number of anilines is 1. The molecule has 9 heteroatoms. The second-order valence-electron chi connectivity index (χ2n) is 4.13. The van der Waals surface area contributed by atoms with E-state index >= 15 is 0 Å². The van der Waals surface area contributed by atoms with Crippen LogP contribution in [-0.2, 0) is 0 Å². The molecule has 0 saturated heterocycles. The lowest BCUT2D eigenvalue weighted by molar-refractivity contribution is -0.299. The molecule has 0 saturated carbocycles. The molecule has 0 aliphatic carbocycles. The number of alkyl halides is 6. The van der Waals surface area contributed by atoms with Crippen molar-refractivity contribution in [2.24, 2.45) is 0 Å². The van der Waals surface area contributed by atoms with E-state index in [4.69, 9.17) is 10.5 Å². The lowest BCUT2D eigenvalue weighted by atomic mass is 10.2. The van der Waals surface area contributed by atoms with Gasteiger partial charge in [-0.1, -0.05) is 6.92 Å². The van der Waals surface area contributed by atoms with Crippen molar-refractivity contribution in [1.29, 1.82) is 0 Å². The molecule has 0 aromatic heterocycles. The van der Waals surface area contributed by atoms with Gasteiger partial charge in [-0.25, -0.2) is 0 Å². The Hall–Kier alpha value is -1.80. The minimum absolute atomic E-state index is 0.0301. The third-order valence-electron chi connectivity index (χ3n) is 2.30. The molecule has 0 radical (unpaired) electrons. The number of ether oxygens (including phenoxy) is 2. The van der Waals surface area contributed by atoms with Gasteiger partial charge in [-0.2, -0.15) is 26.3 Å². The van der Waals surface area contributed by atoms with Crippen LogP contribution in [-0.4, -0.2) is 25.1 Å². The van der Waals surface area contributed by atoms with Crippen molar-refractivity contribution in [3.8, 4) is 11.5 Å². The third kappa shape index (κ3) is 4.91. The number of hydrogen-bond donors (Lipinski definition) is 1. The smallest absolute Gasteiger partial charge is 0.434 e. The molecule has 1 rings (SSSR count). The van der Waals surface area contributed by atoms with Crippen LogP contribution >= 0.6 is 0 Å². The van der Waals surface area contributed by atoms with Crippen LogP contribution in [0.3, 0.4) is 0 Å². The molecule has 1 aromatic carbocycles. The molecule has 3 nitrogen and oxygen atoms in total. The van der Waals surface area contributed by atoms with Gasteiger partial charge in [-0.3, -0.25) is 0 Å². The molecule has 0 amide bonds. The van der Waals surface area contributed by atoms with Crippen LogP contribution in [0.5, 0.6) is 11.5 Å². The van der Waals surface area contributed by atoms with E-state index in [1.165, 1.54) is 0 Å². The lowest BCUT2D eigenvalue weighted by Crippen LogP contribution is -2.46. The van der Waals surface area contributed by atoms with E-state index in [1.54, 1.807) is 6.92 Å². The fourth-order valence-corrected chi connectivity index (χ4v) is 1.38. The maximum atomic E-state index is 12.4. The van der Waals surface area contributed by atoms with Gasteiger partial charge < -0.3 is 15.2 Å². The molecule has 0 unspecified atom stereocenters. The van der Waals surface area contributed by atoms with Crippen LogP contribution in [0.4, 0.5) is 32.0 Å². The van der Waals surface area contributed by atoms with Crippen LogP contribution in [0.15, 0.2) is 18.2 Å². The summed E-state index contributed by atoms with van der Waals surface area (Å²) in [5.41, 5.74) is 5.60. The molecular weight excluding hydrogens is 304 g/mol. The summed E-state index contributed by atoms with van der Waals surface area (Å²) < 4.78 is 83.4. The number of nitrogens with two attached hydrogens (primary N) is 1. The van der Waals surface area contributed by atoms with Gasteiger partial charge in [0.2, 0.25) is 0 Å². The summed E-state index contributed by atoms with van der Waals surface area (Å²) in [6.45, 7) is 2.00. The van der Waals surface area contributed by atoms with Gasteiger partial charge in [0, 0.05) is 6.07 Å². The summed E-state index contributed by atoms with van der Waals surface area (Å²) in [5.74, 6) is -0.660. The van der Waals surface area contributed by atoms with Gasteiger partial charge in [0.1, 0.15) is 11.5 Å². The first-order valence-corrected chi connectivity index (χ1v) is 5.88. The van der Waals surface area contributed by atoms with Crippen molar-refractivity contribution in [1.82, 2.24) is 0 Å². The highest BCUT2D eigenvalue weighted by molar-refractivity contribution is 5.55. The fraction of sp³-hybridized carbons (Fsp3) is 0.500. The number of nitrogen functional groups attached to an aromatic ring is 1. The first-order chi connectivity index (χ1) is 9.55. The van der Waals surface area contributed by atoms with Crippen LogP contribution in [0.1, 0.15) is 13.3 Å². The van der Waals surface area contributed by atoms with Crippen molar-refractivity contribution in [3.05, 3.63) is 18.2 Å². The van der Waals surface area contributed by atoms with E-state index in [0.29, 0.717) is 6.42 Å². The fourth-order valence-electron chi connectivity index (χ4n) is 1.38. The topological polar surface area (TPSA) is 44.5 Å². The molecule has 2 N–H and O–H groups in total. The molecule has 0 spiro atoms. The predicted molar refractivity (Wildman–Crippen MR) is 63.2 cm³/mol. The molecule has 120 valence electrons. The largest absolute Gasteiger partial charge is 0.491 e. The van der Waals surface area contributed by atoms with Crippen LogP contribution in [0.2, 0.25) is 0 Å². The lowest BCUT2D eigenvalue weighted by Gasteiger charge is -2.24. The number of halogens is 6. The summed E-state index contributed by atoms with van der Waals surface area (Å²) in [7, 11) is 0. The van der Waals surface area contributed by atoms with E-state index in [9.17, 15) is 26.3 Å².